The van der Waals surface area contributed by atoms with Crippen LogP contribution >= 0.6 is 22.9 Å². The van der Waals surface area contributed by atoms with E-state index in [1.54, 1.807) is 23.6 Å². The maximum atomic E-state index is 5.66. The Morgan fingerprint density at radius 2 is 2.23 bits per heavy atom. The molecule has 0 aliphatic carbocycles. The average Bonchev–Trinajstić information content (AvgIpc) is 2.52. The normalized spacial score (nSPS) is 10.2. The predicted octanol–water partition coefficient (Wildman–Crippen LogP) is 0.512. The monoisotopic (exact) mass is 209 g/mol. The first-order valence-corrected chi connectivity index (χ1v) is 4.92. The van der Waals surface area contributed by atoms with Crippen molar-refractivity contribution < 1.29 is 0 Å². The Morgan fingerprint density at radius 1 is 1.38 bits per heavy atom. The largest absolute Gasteiger partial charge is 0.250 e. The molecule has 0 aromatic carbocycles. The van der Waals surface area contributed by atoms with Gasteiger partial charge in [0.15, 0.2) is 7.85 Å². The first-order valence-electron chi connectivity index (χ1n) is 3.67. The van der Waals surface area contributed by atoms with E-state index < -0.39 is 0 Å². The molecule has 2 aromatic heterocycles. The number of thiazole rings is 1. The van der Waals surface area contributed by atoms with Crippen molar-refractivity contribution in [1.29, 1.82) is 0 Å². The summed E-state index contributed by atoms with van der Waals surface area (Å²) < 4.78 is 0. The van der Waals surface area contributed by atoms with E-state index in [4.69, 9.17) is 11.6 Å². The van der Waals surface area contributed by atoms with Gasteiger partial charge in [-0.15, -0.1) is 11.3 Å². The van der Waals surface area contributed by atoms with Crippen LogP contribution in [-0.4, -0.2) is 22.8 Å². The molecule has 2 aromatic rings. The summed E-state index contributed by atoms with van der Waals surface area (Å²) in [6, 6.07) is 1.80. The molecule has 64 valence electrons. The zero-order valence-corrected chi connectivity index (χ0v) is 8.43. The first kappa shape index (κ1) is 8.65. The van der Waals surface area contributed by atoms with Gasteiger partial charge >= 0.3 is 0 Å². The van der Waals surface area contributed by atoms with Gasteiger partial charge in [-0.3, -0.25) is 4.98 Å². The third-order valence-electron chi connectivity index (χ3n) is 1.46. The van der Waals surface area contributed by atoms with Crippen molar-refractivity contribution in [3.8, 4) is 10.7 Å². The van der Waals surface area contributed by atoms with Gasteiger partial charge < -0.3 is 0 Å². The van der Waals surface area contributed by atoms with Crippen LogP contribution in [0.1, 0.15) is 0 Å². The van der Waals surface area contributed by atoms with Crippen molar-refractivity contribution in [2.75, 3.05) is 0 Å². The number of hydrogen-bond acceptors (Lipinski definition) is 4. The lowest BCUT2D eigenvalue weighted by Crippen LogP contribution is -2.01. The second kappa shape index (κ2) is 3.43. The van der Waals surface area contributed by atoms with Crippen LogP contribution in [0.4, 0.5) is 0 Å². The van der Waals surface area contributed by atoms with Crippen LogP contribution in [0.15, 0.2) is 17.6 Å². The summed E-state index contributed by atoms with van der Waals surface area (Å²) in [6.45, 7) is 0. The number of aromatic nitrogens is 3. The molecule has 2 rings (SSSR count). The molecule has 3 nitrogen and oxygen atoms in total. The third kappa shape index (κ3) is 1.87. The van der Waals surface area contributed by atoms with Gasteiger partial charge in [0.1, 0.15) is 10.7 Å². The molecule has 0 spiro atoms. The number of hydrogen-bond donors (Lipinski definition) is 0. The first-order chi connectivity index (χ1) is 6.25. The van der Waals surface area contributed by atoms with Crippen LogP contribution in [0.2, 0.25) is 5.28 Å². The Labute approximate surface area is 85.2 Å². The third-order valence-corrected chi connectivity index (χ3v) is 2.63. The molecule has 0 saturated carbocycles. The SMILES string of the molecule is Bc1csc(-c2ccnc(Cl)n2)n1. The van der Waals surface area contributed by atoms with E-state index in [0.717, 1.165) is 16.3 Å². The topological polar surface area (TPSA) is 38.7 Å². The lowest BCUT2D eigenvalue weighted by atomic mass is 10.1. The van der Waals surface area contributed by atoms with Gasteiger partial charge in [-0.2, -0.15) is 0 Å². The van der Waals surface area contributed by atoms with E-state index in [9.17, 15) is 0 Å². The Hall–Kier alpha value is -0.935. The van der Waals surface area contributed by atoms with Gasteiger partial charge in [-0.25, -0.2) is 9.97 Å². The highest BCUT2D eigenvalue weighted by atomic mass is 35.5. The van der Waals surface area contributed by atoms with Crippen molar-refractivity contribution in [3.05, 3.63) is 22.9 Å². The second-order valence-corrected chi connectivity index (χ2v) is 3.70. The zero-order chi connectivity index (χ0) is 9.26. The summed E-state index contributed by atoms with van der Waals surface area (Å²) in [6.07, 6.45) is 1.63. The minimum atomic E-state index is 0.255. The van der Waals surface area contributed by atoms with E-state index in [-0.39, 0.29) is 5.28 Å². The lowest BCUT2D eigenvalue weighted by molar-refractivity contribution is 1.17. The zero-order valence-electron chi connectivity index (χ0n) is 6.86. The summed E-state index contributed by atoms with van der Waals surface area (Å²) in [5.74, 6) is 0. The van der Waals surface area contributed by atoms with Gasteiger partial charge in [0, 0.05) is 17.2 Å². The molecular weight excluding hydrogens is 204 g/mol. The Kier molecular flexibility index (Phi) is 2.29. The van der Waals surface area contributed by atoms with Crippen LogP contribution in [-0.2, 0) is 0 Å². The van der Waals surface area contributed by atoms with Gasteiger partial charge in [0.05, 0.1) is 0 Å². The molecular formula is C7H5BClN3S. The number of rotatable bonds is 1. The van der Waals surface area contributed by atoms with E-state index in [2.05, 4.69) is 15.0 Å². The van der Waals surface area contributed by atoms with Crippen LogP contribution < -0.4 is 5.59 Å². The molecule has 0 bridgehead atoms. The molecule has 13 heavy (non-hydrogen) atoms. The molecule has 2 heterocycles. The van der Waals surface area contributed by atoms with E-state index in [0.29, 0.717) is 0 Å². The van der Waals surface area contributed by atoms with Gasteiger partial charge in [-0.05, 0) is 17.7 Å². The lowest BCUT2D eigenvalue weighted by Gasteiger charge is -1.93. The fraction of sp³-hybridized carbons (Fsp3) is 0. The Balaban J connectivity index is 2.46. The Morgan fingerprint density at radius 3 is 2.85 bits per heavy atom. The van der Waals surface area contributed by atoms with Crippen molar-refractivity contribution in [3.63, 3.8) is 0 Å². The van der Waals surface area contributed by atoms with Crippen molar-refractivity contribution in [1.82, 2.24) is 15.0 Å². The predicted molar refractivity (Wildman–Crippen MR) is 56.3 cm³/mol. The second-order valence-electron chi connectivity index (χ2n) is 2.50. The van der Waals surface area contributed by atoms with Gasteiger partial charge in [-0.1, -0.05) is 0 Å². The highest BCUT2D eigenvalue weighted by molar-refractivity contribution is 7.13. The van der Waals surface area contributed by atoms with Crippen LogP contribution in [0.3, 0.4) is 0 Å². The minimum Gasteiger partial charge on any atom is -0.250 e. The quantitative estimate of drug-likeness (QED) is 0.507. The van der Waals surface area contributed by atoms with Crippen LogP contribution in [0.5, 0.6) is 0 Å². The molecule has 0 radical (unpaired) electrons. The van der Waals surface area contributed by atoms with E-state index >= 15 is 0 Å². The van der Waals surface area contributed by atoms with Crippen molar-refractivity contribution >= 4 is 36.4 Å². The minimum absolute atomic E-state index is 0.255. The van der Waals surface area contributed by atoms with Crippen LogP contribution in [0.25, 0.3) is 10.7 Å². The van der Waals surface area contributed by atoms with E-state index in [1.807, 2.05) is 13.2 Å². The van der Waals surface area contributed by atoms with Crippen molar-refractivity contribution in [2.45, 2.75) is 0 Å². The fourth-order valence-electron chi connectivity index (χ4n) is 0.926. The van der Waals surface area contributed by atoms with E-state index in [1.165, 1.54) is 0 Å². The highest BCUT2D eigenvalue weighted by Crippen LogP contribution is 2.18. The molecule has 0 unspecified atom stereocenters. The summed E-state index contributed by atoms with van der Waals surface area (Å²) in [5.41, 5.74) is 1.77. The summed E-state index contributed by atoms with van der Waals surface area (Å²) in [4.78, 5) is 12.2. The molecule has 0 amide bonds. The Bertz CT molecular complexity index is 431. The van der Waals surface area contributed by atoms with Crippen molar-refractivity contribution in [2.24, 2.45) is 0 Å². The molecule has 6 heteroatoms. The fourth-order valence-corrected chi connectivity index (χ4v) is 1.84. The molecule has 0 N–H and O–H groups in total. The summed E-state index contributed by atoms with van der Waals surface area (Å²) in [7, 11) is 1.95. The smallest absolute Gasteiger partial charge is 0.222 e. The van der Waals surface area contributed by atoms with Gasteiger partial charge in [0.25, 0.3) is 0 Å². The molecule has 0 saturated heterocycles. The molecule has 0 fully saturated rings. The standard InChI is InChI=1S/C7H5BClN3S/c8-5-3-13-6(12-5)4-1-2-10-7(9)11-4/h1-3H,8H2. The molecule has 0 aliphatic heterocycles. The maximum absolute atomic E-state index is 5.66. The summed E-state index contributed by atoms with van der Waals surface area (Å²) >= 11 is 7.21. The summed E-state index contributed by atoms with van der Waals surface area (Å²) in [5, 5.41) is 3.11. The molecule has 0 aliphatic rings. The average molecular weight is 209 g/mol. The maximum Gasteiger partial charge on any atom is 0.222 e. The number of nitrogens with zero attached hydrogens (tertiary/aromatic N) is 3. The molecule has 0 atom stereocenters. The number of halogens is 1. The van der Waals surface area contributed by atoms with Crippen LogP contribution in [0, 0.1) is 0 Å². The highest BCUT2D eigenvalue weighted by Gasteiger charge is 2.03. The van der Waals surface area contributed by atoms with Gasteiger partial charge in [0.2, 0.25) is 5.28 Å².